The number of hydrogen-bond donors (Lipinski definition) is 0. The van der Waals surface area contributed by atoms with Crippen molar-refractivity contribution in [3.8, 4) is 11.5 Å². The Morgan fingerprint density at radius 2 is 2.15 bits per heavy atom. The molecule has 2 unspecified atom stereocenters. The normalized spacial score (nSPS) is 21.5. The van der Waals surface area contributed by atoms with Crippen LogP contribution in [-0.2, 0) is 6.42 Å². The lowest BCUT2D eigenvalue weighted by Crippen LogP contribution is -2.41. The van der Waals surface area contributed by atoms with E-state index >= 15 is 0 Å². The molecule has 5 heteroatoms. The third-order valence-electron chi connectivity index (χ3n) is 5.26. The van der Waals surface area contributed by atoms with Crippen LogP contribution in [0.1, 0.15) is 35.7 Å². The van der Waals surface area contributed by atoms with Gasteiger partial charge in [0.15, 0.2) is 11.6 Å². The van der Waals surface area contributed by atoms with Gasteiger partial charge < -0.3 is 14.4 Å². The van der Waals surface area contributed by atoms with E-state index < -0.39 is 0 Å². The molecule has 0 spiro atoms. The second-order valence-electron chi connectivity index (χ2n) is 7.46. The molecule has 2 heterocycles. The Bertz CT molecular complexity index is 838. The summed E-state index contributed by atoms with van der Waals surface area (Å²) >= 11 is 0. The number of likely N-dealkylation sites (tertiary alicyclic amines) is 1. The number of rotatable bonds is 4. The summed E-state index contributed by atoms with van der Waals surface area (Å²) in [7, 11) is 0. The lowest BCUT2D eigenvalue weighted by atomic mass is 9.97. The van der Waals surface area contributed by atoms with Gasteiger partial charge in [0.05, 0.1) is 6.61 Å². The van der Waals surface area contributed by atoms with E-state index in [4.69, 9.17) is 9.47 Å². The molecule has 1 fully saturated rings. The number of hydrogen-bond acceptors (Lipinski definition) is 3. The van der Waals surface area contributed by atoms with Crippen molar-refractivity contribution in [2.24, 2.45) is 5.92 Å². The molecular formula is C22H24FNO3. The van der Waals surface area contributed by atoms with Gasteiger partial charge in [0.25, 0.3) is 5.91 Å². The number of ether oxygens (including phenoxy) is 2. The predicted molar refractivity (Wildman–Crippen MR) is 101 cm³/mol. The van der Waals surface area contributed by atoms with Crippen LogP contribution >= 0.6 is 0 Å². The Kier molecular flexibility index (Phi) is 5.01. The molecule has 4 rings (SSSR count). The maximum absolute atomic E-state index is 13.7. The Morgan fingerprint density at radius 1 is 1.30 bits per heavy atom. The van der Waals surface area contributed by atoms with Crippen molar-refractivity contribution < 1.29 is 18.7 Å². The molecule has 2 atom stereocenters. The third-order valence-corrected chi connectivity index (χ3v) is 5.26. The minimum Gasteiger partial charge on any atom is -0.490 e. The van der Waals surface area contributed by atoms with E-state index in [1.807, 2.05) is 30.0 Å². The molecule has 27 heavy (non-hydrogen) atoms. The average molecular weight is 369 g/mol. The lowest BCUT2D eigenvalue weighted by Gasteiger charge is -2.32. The van der Waals surface area contributed by atoms with E-state index in [-0.39, 0.29) is 29.5 Å². The van der Waals surface area contributed by atoms with Crippen LogP contribution in [0.15, 0.2) is 42.5 Å². The molecule has 0 aliphatic carbocycles. The van der Waals surface area contributed by atoms with Crippen LogP contribution in [-0.4, -0.2) is 36.6 Å². The highest BCUT2D eigenvalue weighted by molar-refractivity contribution is 5.94. The summed E-state index contributed by atoms with van der Waals surface area (Å²) in [6.45, 7) is 3.84. The van der Waals surface area contributed by atoms with Gasteiger partial charge in [-0.2, -0.15) is 0 Å². The van der Waals surface area contributed by atoms with Gasteiger partial charge in [-0.15, -0.1) is 0 Å². The quantitative estimate of drug-likeness (QED) is 0.815. The van der Waals surface area contributed by atoms with E-state index in [1.165, 1.54) is 6.07 Å². The first-order valence-corrected chi connectivity index (χ1v) is 9.56. The maximum atomic E-state index is 13.7. The minimum atomic E-state index is -0.351. The number of amides is 1. The van der Waals surface area contributed by atoms with Crippen LogP contribution in [0.5, 0.6) is 11.5 Å². The Balaban J connectivity index is 1.39. The Morgan fingerprint density at radius 3 is 3.00 bits per heavy atom. The fraction of sp³-hybridized carbons (Fsp3) is 0.409. The van der Waals surface area contributed by atoms with E-state index in [1.54, 1.807) is 18.2 Å². The largest absolute Gasteiger partial charge is 0.490 e. The zero-order valence-electron chi connectivity index (χ0n) is 15.5. The van der Waals surface area contributed by atoms with Crippen LogP contribution < -0.4 is 9.47 Å². The molecular weight excluding hydrogens is 345 g/mol. The molecule has 1 amide bonds. The average Bonchev–Trinajstić information content (AvgIpc) is 3.06. The summed E-state index contributed by atoms with van der Waals surface area (Å²) in [6, 6.07) is 12.1. The van der Waals surface area contributed by atoms with Crippen molar-refractivity contribution in [2.45, 2.75) is 32.3 Å². The van der Waals surface area contributed by atoms with Gasteiger partial charge in [0.2, 0.25) is 0 Å². The van der Waals surface area contributed by atoms with Gasteiger partial charge >= 0.3 is 0 Å². The molecule has 0 N–H and O–H groups in total. The van der Waals surface area contributed by atoms with Crippen LogP contribution in [0.3, 0.4) is 0 Å². The molecule has 2 aliphatic rings. The topological polar surface area (TPSA) is 38.8 Å². The molecule has 0 saturated carbocycles. The molecule has 4 nitrogen and oxygen atoms in total. The summed E-state index contributed by atoms with van der Waals surface area (Å²) in [4.78, 5) is 14.8. The van der Waals surface area contributed by atoms with Crippen molar-refractivity contribution in [1.29, 1.82) is 0 Å². The van der Waals surface area contributed by atoms with Crippen LogP contribution in [0, 0.1) is 11.7 Å². The number of para-hydroxylation sites is 1. The zero-order chi connectivity index (χ0) is 18.8. The SMILES string of the molecule is CC1Cc2cc(C(=O)N3CCCC(COc4ccccc4F)C3)ccc2O1. The highest BCUT2D eigenvalue weighted by Crippen LogP contribution is 2.30. The number of fused-ring (bicyclic) bond motifs is 1. The summed E-state index contributed by atoms with van der Waals surface area (Å²) in [5.41, 5.74) is 1.81. The first-order chi connectivity index (χ1) is 13.1. The fourth-order valence-corrected chi connectivity index (χ4v) is 3.89. The van der Waals surface area contributed by atoms with E-state index in [0.29, 0.717) is 18.7 Å². The fourth-order valence-electron chi connectivity index (χ4n) is 3.89. The molecule has 1 saturated heterocycles. The standard InChI is InChI=1S/C22H24FNO3/c1-15-11-18-12-17(8-9-20(18)27-15)22(25)24-10-4-5-16(13-24)14-26-21-7-3-2-6-19(21)23/h2-3,6-9,12,15-16H,4-5,10-11,13-14H2,1H3. The van der Waals surface area contributed by atoms with Crippen molar-refractivity contribution in [2.75, 3.05) is 19.7 Å². The van der Waals surface area contributed by atoms with Gasteiger partial charge in [-0.05, 0) is 55.7 Å². The monoisotopic (exact) mass is 369 g/mol. The van der Waals surface area contributed by atoms with Crippen molar-refractivity contribution in [3.63, 3.8) is 0 Å². The first kappa shape index (κ1) is 17.8. The Hall–Kier alpha value is -2.56. The van der Waals surface area contributed by atoms with Crippen LogP contribution in [0.4, 0.5) is 4.39 Å². The lowest BCUT2D eigenvalue weighted by molar-refractivity contribution is 0.0631. The van der Waals surface area contributed by atoms with Crippen LogP contribution in [0.25, 0.3) is 0 Å². The predicted octanol–water partition coefficient (Wildman–Crippen LogP) is 4.08. The number of carbonyl (C=O) groups excluding carboxylic acids is 1. The number of carbonyl (C=O) groups is 1. The minimum absolute atomic E-state index is 0.0490. The summed E-state index contributed by atoms with van der Waals surface area (Å²) in [5, 5.41) is 0. The second kappa shape index (κ2) is 7.59. The molecule has 2 aliphatic heterocycles. The van der Waals surface area contributed by atoms with E-state index in [9.17, 15) is 9.18 Å². The van der Waals surface area contributed by atoms with E-state index in [0.717, 1.165) is 37.1 Å². The van der Waals surface area contributed by atoms with Crippen molar-refractivity contribution in [1.82, 2.24) is 4.90 Å². The summed E-state index contributed by atoms with van der Waals surface area (Å²) < 4.78 is 25.1. The van der Waals surface area contributed by atoms with E-state index in [2.05, 4.69) is 0 Å². The first-order valence-electron chi connectivity index (χ1n) is 9.56. The maximum Gasteiger partial charge on any atom is 0.253 e. The number of piperidine rings is 1. The smallest absolute Gasteiger partial charge is 0.253 e. The zero-order valence-corrected chi connectivity index (χ0v) is 15.5. The van der Waals surface area contributed by atoms with Crippen molar-refractivity contribution >= 4 is 5.91 Å². The molecule has 142 valence electrons. The molecule has 2 aromatic carbocycles. The van der Waals surface area contributed by atoms with Gasteiger partial charge in [-0.3, -0.25) is 4.79 Å². The Labute approximate surface area is 158 Å². The molecule has 2 aromatic rings. The summed E-state index contributed by atoms with van der Waals surface area (Å²) in [6.07, 6.45) is 2.92. The number of halogens is 1. The second-order valence-corrected chi connectivity index (χ2v) is 7.46. The molecule has 0 bridgehead atoms. The van der Waals surface area contributed by atoms with Gasteiger partial charge in [0, 0.05) is 31.0 Å². The highest BCUT2D eigenvalue weighted by atomic mass is 19.1. The van der Waals surface area contributed by atoms with Gasteiger partial charge in [-0.1, -0.05) is 12.1 Å². The third kappa shape index (κ3) is 3.92. The number of benzene rings is 2. The summed E-state index contributed by atoms with van der Waals surface area (Å²) in [5.74, 6) is 1.06. The molecule has 0 aromatic heterocycles. The highest BCUT2D eigenvalue weighted by Gasteiger charge is 2.27. The van der Waals surface area contributed by atoms with Gasteiger partial charge in [0.1, 0.15) is 11.9 Å². The van der Waals surface area contributed by atoms with Crippen molar-refractivity contribution in [3.05, 3.63) is 59.4 Å². The van der Waals surface area contributed by atoms with Crippen LogP contribution in [0.2, 0.25) is 0 Å². The van der Waals surface area contributed by atoms with Gasteiger partial charge in [-0.25, -0.2) is 4.39 Å². The molecule has 0 radical (unpaired) electrons. The number of nitrogens with zero attached hydrogens (tertiary/aromatic N) is 1.